The molecule has 3 aromatic rings. The second-order valence-corrected chi connectivity index (χ2v) is 5.47. The summed E-state index contributed by atoms with van der Waals surface area (Å²) >= 11 is 0. The Labute approximate surface area is 132 Å². The summed E-state index contributed by atoms with van der Waals surface area (Å²) in [5.41, 5.74) is 1.92. The van der Waals surface area contributed by atoms with Crippen LogP contribution >= 0.6 is 0 Å². The Morgan fingerprint density at radius 1 is 1.43 bits per heavy atom. The predicted molar refractivity (Wildman–Crippen MR) is 85.5 cm³/mol. The van der Waals surface area contributed by atoms with Gasteiger partial charge in [-0.3, -0.25) is 10.1 Å². The van der Waals surface area contributed by atoms with Gasteiger partial charge in [0.2, 0.25) is 5.82 Å². The van der Waals surface area contributed by atoms with Crippen LogP contribution in [0.25, 0.3) is 11.1 Å². The van der Waals surface area contributed by atoms with E-state index in [1.54, 1.807) is 14.0 Å². The number of para-hydroxylation sites is 2. The van der Waals surface area contributed by atoms with Crippen molar-refractivity contribution in [2.24, 2.45) is 7.05 Å². The molecule has 2 aromatic heterocycles. The fourth-order valence-electron chi connectivity index (χ4n) is 2.50. The molecule has 23 heavy (non-hydrogen) atoms. The Hall–Kier alpha value is -2.90. The van der Waals surface area contributed by atoms with Gasteiger partial charge in [-0.2, -0.15) is 5.10 Å². The van der Waals surface area contributed by atoms with Gasteiger partial charge in [-0.1, -0.05) is 19.1 Å². The van der Waals surface area contributed by atoms with Crippen LogP contribution in [-0.2, 0) is 7.05 Å². The zero-order valence-corrected chi connectivity index (χ0v) is 13.1. The number of rotatable bonds is 5. The van der Waals surface area contributed by atoms with Gasteiger partial charge in [0.1, 0.15) is 11.2 Å². The third-order valence-electron chi connectivity index (χ3n) is 3.68. The number of hydrogen-bond donors (Lipinski definition) is 1. The Balaban J connectivity index is 1.79. The molecule has 120 valence electrons. The van der Waals surface area contributed by atoms with E-state index in [4.69, 9.17) is 4.42 Å². The molecule has 0 spiro atoms. The summed E-state index contributed by atoms with van der Waals surface area (Å²) in [5.74, 6) is 0.938. The highest BCUT2D eigenvalue weighted by Gasteiger charge is 2.24. The van der Waals surface area contributed by atoms with Crippen molar-refractivity contribution >= 4 is 22.6 Å². The summed E-state index contributed by atoms with van der Waals surface area (Å²) in [6.45, 7) is 4.02. The van der Waals surface area contributed by atoms with Crippen LogP contribution in [0.3, 0.4) is 0 Å². The highest BCUT2D eigenvalue weighted by Crippen LogP contribution is 2.28. The van der Waals surface area contributed by atoms with Crippen LogP contribution in [0.5, 0.6) is 0 Å². The van der Waals surface area contributed by atoms with Crippen LogP contribution in [-0.4, -0.2) is 26.2 Å². The quantitative estimate of drug-likeness (QED) is 0.574. The van der Waals surface area contributed by atoms with E-state index < -0.39 is 4.92 Å². The van der Waals surface area contributed by atoms with Crippen molar-refractivity contribution in [3.63, 3.8) is 0 Å². The number of benzene rings is 1. The van der Waals surface area contributed by atoms with Crippen molar-refractivity contribution in [1.29, 1.82) is 0 Å². The zero-order valence-electron chi connectivity index (χ0n) is 13.1. The summed E-state index contributed by atoms with van der Waals surface area (Å²) in [6.07, 6.45) is 0. The van der Waals surface area contributed by atoms with Crippen molar-refractivity contribution in [3.8, 4) is 0 Å². The van der Waals surface area contributed by atoms with Crippen molar-refractivity contribution in [2.75, 3.05) is 11.9 Å². The molecule has 0 unspecified atom stereocenters. The minimum atomic E-state index is -0.422. The Bertz CT molecular complexity index is 834. The summed E-state index contributed by atoms with van der Waals surface area (Å²) in [4.78, 5) is 15.2. The average molecular weight is 315 g/mol. The molecule has 0 aliphatic heterocycles. The highest BCUT2D eigenvalue weighted by molar-refractivity contribution is 5.72. The van der Waals surface area contributed by atoms with E-state index >= 15 is 0 Å². The first-order valence-corrected chi connectivity index (χ1v) is 7.24. The first-order chi connectivity index (χ1) is 11.0. The maximum Gasteiger partial charge on any atom is 0.333 e. The van der Waals surface area contributed by atoms with E-state index in [1.165, 1.54) is 4.68 Å². The minimum absolute atomic E-state index is 0.00253. The summed E-state index contributed by atoms with van der Waals surface area (Å²) in [7, 11) is 1.67. The average Bonchev–Trinajstić information content (AvgIpc) is 3.05. The molecule has 0 aliphatic rings. The normalized spacial score (nSPS) is 12.5. The van der Waals surface area contributed by atoms with E-state index in [1.807, 2.05) is 31.2 Å². The third kappa shape index (κ3) is 2.75. The first kappa shape index (κ1) is 15.0. The van der Waals surface area contributed by atoms with Crippen molar-refractivity contribution in [3.05, 3.63) is 46.0 Å². The van der Waals surface area contributed by atoms with Crippen LogP contribution in [0, 0.1) is 17.0 Å². The van der Waals surface area contributed by atoms with Crippen LogP contribution in [0.2, 0.25) is 0 Å². The maximum atomic E-state index is 11.2. The van der Waals surface area contributed by atoms with Crippen LogP contribution < -0.4 is 5.32 Å². The lowest BCUT2D eigenvalue weighted by Gasteiger charge is -2.10. The fourth-order valence-corrected chi connectivity index (χ4v) is 2.50. The molecule has 8 heteroatoms. The molecule has 0 fully saturated rings. The number of nitro groups is 1. The molecule has 0 bridgehead atoms. The molecular formula is C15H17N5O3. The molecule has 1 N–H and O–H groups in total. The van der Waals surface area contributed by atoms with Crippen LogP contribution in [0.1, 0.15) is 24.4 Å². The number of aromatic nitrogens is 3. The molecular weight excluding hydrogens is 298 g/mol. The first-order valence-electron chi connectivity index (χ1n) is 7.24. The van der Waals surface area contributed by atoms with Crippen molar-refractivity contribution in [1.82, 2.24) is 14.8 Å². The monoisotopic (exact) mass is 315 g/mol. The zero-order chi connectivity index (χ0) is 16.6. The lowest BCUT2D eigenvalue weighted by atomic mass is 10.2. The molecule has 1 atom stereocenters. The van der Waals surface area contributed by atoms with E-state index in [-0.39, 0.29) is 11.6 Å². The lowest BCUT2D eigenvalue weighted by Crippen LogP contribution is -2.13. The molecule has 3 rings (SSSR count). The molecule has 0 amide bonds. The van der Waals surface area contributed by atoms with Crippen LogP contribution in [0.15, 0.2) is 28.7 Å². The smallest absolute Gasteiger partial charge is 0.333 e. The summed E-state index contributed by atoms with van der Waals surface area (Å²) in [6, 6.07) is 7.54. The van der Waals surface area contributed by atoms with E-state index in [0.717, 1.165) is 11.1 Å². The Morgan fingerprint density at radius 2 is 2.17 bits per heavy atom. The Kier molecular flexibility index (Phi) is 3.73. The minimum Gasteiger partial charge on any atom is -0.440 e. The van der Waals surface area contributed by atoms with Gasteiger partial charge in [-0.15, -0.1) is 0 Å². The number of nitrogens with one attached hydrogen (secondary N) is 1. The van der Waals surface area contributed by atoms with Gasteiger partial charge in [0.05, 0.1) is 10.8 Å². The number of aryl methyl sites for hydroxylation is 2. The van der Waals surface area contributed by atoms with Gasteiger partial charge in [0.15, 0.2) is 11.5 Å². The topological polar surface area (TPSA) is 99.0 Å². The van der Waals surface area contributed by atoms with Gasteiger partial charge in [-0.05, 0) is 19.1 Å². The molecule has 0 saturated heterocycles. The van der Waals surface area contributed by atoms with Gasteiger partial charge >= 0.3 is 5.69 Å². The lowest BCUT2D eigenvalue weighted by molar-refractivity contribution is -0.384. The molecule has 1 aromatic carbocycles. The van der Waals surface area contributed by atoms with E-state index in [2.05, 4.69) is 15.4 Å². The number of anilines is 1. The highest BCUT2D eigenvalue weighted by atomic mass is 16.6. The second kappa shape index (κ2) is 5.71. The van der Waals surface area contributed by atoms with Crippen molar-refractivity contribution < 1.29 is 9.34 Å². The third-order valence-corrected chi connectivity index (χ3v) is 3.68. The number of hydrogen-bond acceptors (Lipinski definition) is 6. The molecule has 8 nitrogen and oxygen atoms in total. The molecule has 2 heterocycles. The van der Waals surface area contributed by atoms with Gasteiger partial charge in [0, 0.05) is 13.6 Å². The maximum absolute atomic E-state index is 11.2. The van der Waals surface area contributed by atoms with E-state index in [9.17, 15) is 10.1 Å². The molecule has 0 aliphatic carbocycles. The largest absolute Gasteiger partial charge is 0.440 e. The Morgan fingerprint density at radius 3 is 2.87 bits per heavy atom. The molecule has 0 radical (unpaired) electrons. The number of oxazole rings is 1. The predicted octanol–water partition coefficient (Wildman–Crippen LogP) is 2.99. The number of nitrogens with zero attached hydrogens (tertiary/aromatic N) is 4. The van der Waals surface area contributed by atoms with Crippen molar-refractivity contribution in [2.45, 2.75) is 19.8 Å². The standard InChI is InChI=1S/C15H17N5O3/c1-9(15-17-11-6-4-5-7-12(11)23-15)8-16-14-13(20(21)22)10(2)18-19(14)3/h4-7,9,16H,8H2,1-3H3/t9-/m1/s1. The van der Waals surface area contributed by atoms with Crippen LogP contribution in [0.4, 0.5) is 11.5 Å². The molecule has 0 saturated carbocycles. The summed E-state index contributed by atoms with van der Waals surface area (Å²) < 4.78 is 7.20. The summed E-state index contributed by atoms with van der Waals surface area (Å²) in [5, 5.41) is 18.3. The second-order valence-electron chi connectivity index (χ2n) is 5.47. The fraction of sp³-hybridized carbons (Fsp3) is 0.333. The SMILES string of the molecule is Cc1nn(C)c(NC[C@@H](C)c2nc3ccccc3o2)c1[N+](=O)[O-]. The van der Waals surface area contributed by atoms with Gasteiger partial charge < -0.3 is 9.73 Å². The number of fused-ring (bicyclic) bond motifs is 1. The van der Waals surface area contributed by atoms with Gasteiger partial charge in [-0.25, -0.2) is 9.67 Å². The van der Waals surface area contributed by atoms with Gasteiger partial charge in [0.25, 0.3) is 0 Å². The van der Waals surface area contributed by atoms with E-state index in [0.29, 0.717) is 23.9 Å².